The van der Waals surface area contributed by atoms with Crippen molar-refractivity contribution in [2.45, 2.75) is 50.0 Å². The number of hydrogen-bond acceptors (Lipinski definition) is 7. The van der Waals surface area contributed by atoms with Gasteiger partial charge in [0.25, 0.3) is 5.91 Å². The Balaban J connectivity index is 1.31. The zero-order valence-electron chi connectivity index (χ0n) is 25.3. The first-order valence-corrected chi connectivity index (χ1v) is 14.8. The second-order valence-corrected chi connectivity index (χ2v) is 12.1. The summed E-state index contributed by atoms with van der Waals surface area (Å²) in [6, 6.07) is 14.8. The Kier molecular flexibility index (Phi) is 7.91. The number of pyridine rings is 2. The Morgan fingerprint density at radius 3 is 2.45 bits per heavy atom. The third kappa shape index (κ3) is 6.35. The van der Waals surface area contributed by atoms with Crippen LogP contribution in [0.2, 0.25) is 0 Å². The molecule has 2 atom stereocenters. The lowest BCUT2D eigenvalue weighted by Gasteiger charge is -2.26. The minimum absolute atomic E-state index is 0.0208. The average Bonchev–Trinajstić information content (AvgIpc) is 3.79. The molecule has 3 heterocycles. The standard InChI is InChI=1S/C34H30F4N4O5/c1-32(31(39)44)17-46-29-23(32)15-27(42-28(29)18-6-9-20(35)10-7-18)33(2,45)16-40-30(43)19-8-13-25(47-21-11-12-21)22(14-19)24-4-3-5-26(41-24)34(36,37)38/h3-10,13-15,21,45H,11-12,16-17H2,1-2H3,(H2,39,44)(H,40,43)/t32-,33-/m0/s1. The minimum Gasteiger partial charge on any atom is -0.490 e. The number of nitrogens with one attached hydrogen (secondary N) is 1. The highest BCUT2D eigenvalue weighted by Gasteiger charge is 2.45. The molecule has 0 spiro atoms. The summed E-state index contributed by atoms with van der Waals surface area (Å²) in [6.45, 7) is 2.59. The van der Waals surface area contributed by atoms with Crippen LogP contribution in [-0.4, -0.2) is 46.1 Å². The molecule has 1 aliphatic carbocycles. The average molecular weight is 651 g/mol. The normalized spacial score (nSPS) is 18.5. The van der Waals surface area contributed by atoms with E-state index in [0.717, 1.165) is 18.9 Å². The van der Waals surface area contributed by atoms with Crippen LogP contribution in [0.15, 0.2) is 66.7 Å². The van der Waals surface area contributed by atoms with Gasteiger partial charge in [0.05, 0.1) is 24.0 Å². The number of amides is 2. The number of nitrogens with zero attached hydrogens (tertiary/aromatic N) is 2. The number of rotatable bonds is 9. The minimum atomic E-state index is -4.67. The van der Waals surface area contributed by atoms with Gasteiger partial charge >= 0.3 is 6.18 Å². The van der Waals surface area contributed by atoms with Crippen LogP contribution in [-0.2, 0) is 22.0 Å². The molecule has 1 fully saturated rings. The molecule has 47 heavy (non-hydrogen) atoms. The van der Waals surface area contributed by atoms with E-state index >= 15 is 0 Å². The molecule has 0 saturated heterocycles. The van der Waals surface area contributed by atoms with Gasteiger partial charge in [0.15, 0.2) is 0 Å². The van der Waals surface area contributed by atoms with Gasteiger partial charge in [-0.1, -0.05) is 6.07 Å². The predicted octanol–water partition coefficient (Wildman–Crippen LogP) is 5.28. The maximum Gasteiger partial charge on any atom is 0.433 e. The van der Waals surface area contributed by atoms with Crippen LogP contribution in [0, 0.1) is 5.82 Å². The molecular weight excluding hydrogens is 620 g/mol. The number of carbonyl (C=O) groups is 2. The van der Waals surface area contributed by atoms with Gasteiger partial charge in [-0.05, 0) is 87.4 Å². The second-order valence-electron chi connectivity index (χ2n) is 12.1. The number of primary amides is 1. The maximum absolute atomic E-state index is 13.7. The molecule has 2 aromatic heterocycles. The van der Waals surface area contributed by atoms with Gasteiger partial charge in [0, 0.05) is 22.3 Å². The predicted molar refractivity (Wildman–Crippen MR) is 162 cm³/mol. The number of aliphatic hydroxyl groups is 1. The highest BCUT2D eigenvalue weighted by atomic mass is 19.4. The van der Waals surface area contributed by atoms with Crippen LogP contribution in [0.1, 0.15) is 54.0 Å². The largest absolute Gasteiger partial charge is 0.490 e. The molecule has 6 rings (SSSR count). The van der Waals surface area contributed by atoms with E-state index in [0.29, 0.717) is 16.9 Å². The Morgan fingerprint density at radius 2 is 1.79 bits per heavy atom. The fraction of sp³-hybridized carbons (Fsp3) is 0.294. The van der Waals surface area contributed by atoms with E-state index in [1.165, 1.54) is 67.6 Å². The van der Waals surface area contributed by atoms with E-state index in [4.69, 9.17) is 15.2 Å². The summed E-state index contributed by atoms with van der Waals surface area (Å²) in [6.07, 6.45) is -3.14. The summed E-state index contributed by atoms with van der Waals surface area (Å²) in [5.41, 5.74) is 3.02. The Labute approximate surface area is 266 Å². The van der Waals surface area contributed by atoms with Crippen molar-refractivity contribution in [2.24, 2.45) is 5.73 Å². The van der Waals surface area contributed by atoms with Gasteiger partial charge in [0.2, 0.25) is 5.91 Å². The lowest BCUT2D eigenvalue weighted by atomic mass is 9.82. The van der Waals surface area contributed by atoms with Crippen molar-refractivity contribution in [2.75, 3.05) is 13.2 Å². The molecule has 1 saturated carbocycles. The number of ether oxygens (including phenoxy) is 2. The van der Waals surface area contributed by atoms with Gasteiger partial charge in [-0.15, -0.1) is 0 Å². The number of hydrogen-bond donors (Lipinski definition) is 3. The van der Waals surface area contributed by atoms with Gasteiger partial charge in [-0.3, -0.25) is 9.59 Å². The molecule has 244 valence electrons. The monoisotopic (exact) mass is 650 g/mol. The summed E-state index contributed by atoms with van der Waals surface area (Å²) < 4.78 is 65.7. The van der Waals surface area contributed by atoms with Gasteiger partial charge in [-0.2, -0.15) is 13.2 Å². The third-order valence-corrected chi connectivity index (χ3v) is 8.25. The molecule has 1 aliphatic heterocycles. The first kappa shape index (κ1) is 31.9. The lowest BCUT2D eigenvalue weighted by Crippen LogP contribution is -2.41. The second kappa shape index (κ2) is 11.6. The van der Waals surface area contributed by atoms with Crippen molar-refractivity contribution >= 4 is 11.8 Å². The molecule has 2 aliphatic rings. The molecule has 2 aromatic carbocycles. The Hall–Kier alpha value is -5.04. The van der Waals surface area contributed by atoms with Crippen LogP contribution in [0.5, 0.6) is 11.5 Å². The quantitative estimate of drug-likeness (QED) is 0.210. The van der Waals surface area contributed by atoms with Crippen molar-refractivity contribution in [3.8, 4) is 34.0 Å². The molecule has 4 N–H and O–H groups in total. The smallest absolute Gasteiger partial charge is 0.433 e. The van der Waals surface area contributed by atoms with Crippen molar-refractivity contribution in [3.63, 3.8) is 0 Å². The number of alkyl halides is 3. The number of fused-ring (bicyclic) bond motifs is 1. The number of nitrogens with two attached hydrogens (primary N) is 1. The van der Waals surface area contributed by atoms with Crippen LogP contribution in [0.4, 0.5) is 17.6 Å². The van der Waals surface area contributed by atoms with E-state index in [1.807, 2.05) is 0 Å². The van der Waals surface area contributed by atoms with Crippen molar-refractivity contribution < 1.29 is 41.7 Å². The maximum atomic E-state index is 13.7. The van der Waals surface area contributed by atoms with Crippen molar-refractivity contribution in [1.82, 2.24) is 15.3 Å². The molecule has 0 bridgehead atoms. The fourth-order valence-electron chi connectivity index (χ4n) is 5.19. The summed E-state index contributed by atoms with van der Waals surface area (Å²) in [4.78, 5) is 34.2. The molecule has 4 aromatic rings. The topological polar surface area (TPSA) is 137 Å². The number of benzene rings is 2. The van der Waals surface area contributed by atoms with Gasteiger partial charge in [-0.25, -0.2) is 14.4 Å². The first-order chi connectivity index (χ1) is 22.2. The zero-order valence-corrected chi connectivity index (χ0v) is 25.3. The number of carbonyl (C=O) groups excluding carboxylic acids is 2. The summed E-state index contributed by atoms with van der Waals surface area (Å²) in [7, 11) is 0. The van der Waals surface area contributed by atoms with E-state index in [1.54, 1.807) is 6.92 Å². The van der Waals surface area contributed by atoms with Crippen LogP contribution < -0.4 is 20.5 Å². The highest BCUT2D eigenvalue weighted by molar-refractivity contribution is 5.96. The third-order valence-electron chi connectivity index (χ3n) is 8.25. The Morgan fingerprint density at radius 1 is 1.06 bits per heavy atom. The first-order valence-electron chi connectivity index (χ1n) is 14.8. The number of aromatic nitrogens is 2. The molecule has 9 nitrogen and oxygen atoms in total. The zero-order chi connectivity index (χ0) is 33.7. The van der Waals surface area contributed by atoms with E-state index < -0.39 is 40.5 Å². The molecule has 13 heteroatoms. The highest BCUT2D eigenvalue weighted by Crippen LogP contribution is 2.45. The van der Waals surface area contributed by atoms with E-state index in [-0.39, 0.29) is 53.2 Å². The summed E-state index contributed by atoms with van der Waals surface area (Å²) >= 11 is 0. The van der Waals surface area contributed by atoms with Gasteiger partial charge in [0.1, 0.15) is 46.3 Å². The molecule has 0 unspecified atom stereocenters. The van der Waals surface area contributed by atoms with Crippen LogP contribution in [0.25, 0.3) is 22.5 Å². The molecular formula is C34H30F4N4O5. The summed E-state index contributed by atoms with van der Waals surface area (Å²) in [5, 5.41) is 14.3. The Bertz CT molecular complexity index is 1880. The van der Waals surface area contributed by atoms with Crippen molar-refractivity contribution in [1.29, 1.82) is 0 Å². The fourth-order valence-corrected chi connectivity index (χ4v) is 5.19. The summed E-state index contributed by atoms with van der Waals surface area (Å²) in [5.74, 6) is -1.21. The lowest BCUT2D eigenvalue weighted by molar-refractivity contribution is -0.141. The number of halogens is 4. The van der Waals surface area contributed by atoms with E-state index in [2.05, 4.69) is 15.3 Å². The SMILES string of the molecule is C[C@](O)(CNC(=O)c1ccc(OC2CC2)c(-c2cccc(C(F)(F)F)n2)c1)c1cc2c(c(-c3ccc(F)cc3)n1)OC[C@]2(C)C(N)=O. The van der Waals surface area contributed by atoms with Crippen LogP contribution in [0.3, 0.4) is 0 Å². The van der Waals surface area contributed by atoms with E-state index in [9.17, 15) is 32.3 Å². The van der Waals surface area contributed by atoms with Crippen LogP contribution >= 0.6 is 0 Å². The molecule has 0 radical (unpaired) electrons. The van der Waals surface area contributed by atoms with Gasteiger partial charge < -0.3 is 25.6 Å². The molecule has 2 amide bonds. The van der Waals surface area contributed by atoms with Crippen molar-refractivity contribution in [3.05, 3.63) is 95.1 Å².